The highest BCUT2D eigenvalue weighted by Crippen LogP contribution is 2.35. The van der Waals surface area contributed by atoms with Crippen molar-refractivity contribution in [2.24, 2.45) is 5.10 Å². The molecule has 144 valence electrons. The summed E-state index contributed by atoms with van der Waals surface area (Å²) >= 11 is 13.2. The molecule has 0 atom stereocenters. The lowest BCUT2D eigenvalue weighted by Crippen LogP contribution is -2.17. The van der Waals surface area contributed by atoms with Gasteiger partial charge in [0.05, 0.1) is 24.0 Å². The third-order valence-corrected chi connectivity index (χ3v) is 5.65. The zero-order valence-electron chi connectivity index (χ0n) is 14.9. The second kappa shape index (κ2) is 8.60. The van der Waals surface area contributed by atoms with Gasteiger partial charge in [-0.1, -0.05) is 35.3 Å². The van der Waals surface area contributed by atoms with Crippen molar-refractivity contribution in [2.75, 3.05) is 7.11 Å². The van der Waals surface area contributed by atoms with E-state index in [0.717, 1.165) is 5.56 Å². The maximum absolute atomic E-state index is 12.4. The van der Waals surface area contributed by atoms with Gasteiger partial charge in [0.25, 0.3) is 5.91 Å². The summed E-state index contributed by atoms with van der Waals surface area (Å²) in [7, 11) is 1.43. The van der Waals surface area contributed by atoms with E-state index in [9.17, 15) is 9.90 Å². The molecule has 1 aromatic heterocycles. The molecule has 0 saturated heterocycles. The van der Waals surface area contributed by atoms with Crippen molar-refractivity contribution in [1.29, 1.82) is 0 Å². The van der Waals surface area contributed by atoms with Gasteiger partial charge in [-0.25, -0.2) is 10.4 Å². The van der Waals surface area contributed by atoms with E-state index in [-0.39, 0.29) is 22.4 Å². The van der Waals surface area contributed by atoms with E-state index in [2.05, 4.69) is 15.5 Å². The summed E-state index contributed by atoms with van der Waals surface area (Å²) in [6.07, 6.45) is 1.34. The first-order chi connectivity index (χ1) is 13.4. The van der Waals surface area contributed by atoms with Crippen LogP contribution in [0.3, 0.4) is 0 Å². The van der Waals surface area contributed by atoms with Gasteiger partial charge < -0.3 is 9.84 Å². The molecule has 0 aliphatic carbocycles. The highest BCUT2D eigenvalue weighted by atomic mass is 35.5. The number of carbonyl (C=O) groups is 1. The molecule has 0 spiro atoms. The molecule has 0 aliphatic heterocycles. The van der Waals surface area contributed by atoms with Gasteiger partial charge in [-0.15, -0.1) is 11.3 Å². The molecule has 28 heavy (non-hydrogen) atoms. The van der Waals surface area contributed by atoms with Crippen molar-refractivity contribution in [3.8, 4) is 22.1 Å². The van der Waals surface area contributed by atoms with Crippen molar-refractivity contribution in [1.82, 2.24) is 10.4 Å². The first-order valence-corrected chi connectivity index (χ1v) is 9.60. The molecule has 0 radical (unpaired) electrons. The number of thiazole rings is 1. The number of carbonyl (C=O) groups excluding carboxylic acids is 1. The number of methoxy groups -OCH3 is 1. The fraction of sp³-hybridized carbons (Fsp3) is 0.105. The lowest BCUT2D eigenvalue weighted by Gasteiger charge is -2.06. The number of hydrogen-bond acceptors (Lipinski definition) is 6. The van der Waals surface area contributed by atoms with Gasteiger partial charge in [0, 0.05) is 16.1 Å². The quantitative estimate of drug-likeness (QED) is 0.440. The van der Waals surface area contributed by atoms with Crippen LogP contribution in [0.2, 0.25) is 10.0 Å². The summed E-state index contributed by atoms with van der Waals surface area (Å²) < 4.78 is 4.98. The molecular formula is C19H15Cl2N3O3S. The average Bonchev–Trinajstić information content (AvgIpc) is 3.07. The predicted octanol–water partition coefficient (Wildman–Crippen LogP) is 4.90. The van der Waals surface area contributed by atoms with E-state index in [0.29, 0.717) is 26.2 Å². The van der Waals surface area contributed by atoms with Gasteiger partial charge in [-0.2, -0.15) is 5.10 Å². The number of phenols is 1. The second-order valence-electron chi connectivity index (χ2n) is 5.66. The number of aromatic nitrogens is 1. The summed E-state index contributed by atoms with van der Waals surface area (Å²) in [6.45, 7) is 1.76. The summed E-state index contributed by atoms with van der Waals surface area (Å²) in [6, 6.07) is 10.4. The first kappa shape index (κ1) is 20.1. The number of phenolic OH excluding ortho intramolecular Hbond substituents is 1. The fourth-order valence-corrected chi connectivity index (χ4v) is 3.65. The Bertz CT molecular complexity index is 1050. The van der Waals surface area contributed by atoms with Crippen molar-refractivity contribution in [3.63, 3.8) is 0 Å². The molecule has 0 unspecified atom stereocenters. The van der Waals surface area contributed by atoms with Gasteiger partial charge in [0.15, 0.2) is 11.5 Å². The van der Waals surface area contributed by atoms with E-state index >= 15 is 0 Å². The van der Waals surface area contributed by atoms with Crippen LogP contribution in [0.25, 0.3) is 10.6 Å². The Balaban J connectivity index is 1.74. The molecular weight excluding hydrogens is 421 g/mol. The Morgan fingerprint density at radius 1 is 1.25 bits per heavy atom. The first-order valence-electron chi connectivity index (χ1n) is 8.03. The molecule has 0 bridgehead atoms. The lowest BCUT2D eigenvalue weighted by atomic mass is 10.2. The van der Waals surface area contributed by atoms with Crippen molar-refractivity contribution >= 4 is 46.7 Å². The normalized spacial score (nSPS) is 11.0. The SMILES string of the molecule is COc1ccc(/C=N/NC(=O)c2sc(-c3ccc(Cl)cc3)nc2C)c(Cl)c1O. The van der Waals surface area contributed by atoms with E-state index in [4.69, 9.17) is 27.9 Å². The largest absolute Gasteiger partial charge is 0.503 e. The van der Waals surface area contributed by atoms with Crippen LogP contribution in [0, 0.1) is 6.92 Å². The predicted molar refractivity (Wildman–Crippen MR) is 112 cm³/mol. The number of halogens is 2. The highest BCUT2D eigenvalue weighted by molar-refractivity contribution is 7.17. The molecule has 3 aromatic rings. The van der Waals surface area contributed by atoms with Crippen LogP contribution in [0.5, 0.6) is 11.5 Å². The maximum Gasteiger partial charge on any atom is 0.283 e. The molecule has 3 rings (SSSR count). The number of nitrogens with one attached hydrogen (secondary N) is 1. The molecule has 0 fully saturated rings. The zero-order chi connectivity index (χ0) is 20.3. The fourth-order valence-electron chi connectivity index (χ4n) is 2.36. The topological polar surface area (TPSA) is 83.8 Å². The summed E-state index contributed by atoms with van der Waals surface area (Å²) in [4.78, 5) is 17.3. The highest BCUT2D eigenvalue weighted by Gasteiger charge is 2.16. The Hall–Kier alpha value is -2.61. The second-order valence-corrected chi connectivity index (χ2v) is 7.47. The van der Waals surface area contributed by atoms with Crippen LogP contribution in [-0.2, 0) is 0 Å². The van der Waals surface area contributed by atoms with E-state index < -0.39 is 0 Å². The van der Waals surface area contributed by atoms with Crippen molar-refractivity contribution < 1.29 is 14.6 Å². The van der Waals surface area contributed by atoms with E-state index in [1.807, 2.05) is 12.1 Å². The molecule has 2 aromatic carbocycles. The Labute approximate surface area is 175 Å². The minimum absolute atomic E-state index is 0.0799. The molecule has 9 heteroatoms. The number of hydrazone groups is 1. The molecule has 1 amide bonds. The Kier molecular flexibility index (Phi) is 6.18. The number of aryl methyl sites for hydroxylation is 1. The standard InChI is InChI=1S/C19H15Cl2N3O3S/c1-10-17(28-19(23-10)11-3-6-13(20)7-4-11)18(26)24-22-9-12-5-8-14(27-2)16(25)15(12)21/h3-9,25H,1-2H3,(H,24,26)/b22-9+. The molecule has 6 nitrogen and oxygen atoms in total. The van der Waals surface area contributed by atoms with Crippen LogP contribution in [0.1, 0.15) is 20.9 Å². The number of nitrogens with zero attached hydrogens (tertiary/aromatic N) is 2. The van der Waals surface area contributed by atoms with E-state index in [1.165, 1.54) is 24.7 Å². The number of benzene rings is 2. The number of amides is 1. The number of hydrogen-bond donors (Lipinski definition) is 2. The third-order valence-electron chi connectivity index (χ3n) is 3.79. The maximum atomic E-state index is 12.4. The smallest absolute Gasteiger partial charge is 0.283 e. The third kappa shape index (κ3) is 4.27. The number of aromatic hydroxyl groups is 1. The Morgan fingerprint density at radius 2 is 1.96 bits per heavy atom. The van der Waals surface area contributed by atoms with Crippen molar-refractivity contribution in [3.05, 3.63) is 62.6 Å². The van der Waals surface area contributed by atoms with E-state index in [1.54, 1.807) is 31.2 Å². The zero-order valence-corrected chi connectivity index (χ0v) is 17.2. The average molecular weight is 436 g/mol. The number of ether oxygens (including phenoxy) is 1. The summed E-state index contributed by atoms with van der Waals surface area (Å²) in [5.74, 6) is -0.327. The van der Waals surface area contributed by atoms with Crippen LogP contribution in [0.4, 0.5) is 0 Å². The van der Waals surface area contributed by atoms with Gasteiger partial charge in [-0.3, -0.25) is 4.79 Å². The van der Waals surface area contributed by atoms with Gasteiger partial charge >= 0.3 is 0 Å². The van der Waals surface area contributed by atoms with Crippen LogP contribution in [-0.4, -0.2) is 29.3 Å². The summed E-state index contributed by atoms with van der Waals surface area (Å²) in [5.41, 5.74) is 4.35. The van der Waals surface area contributed by atoms with Gasteiger partial charge in [-0.05, 0) is 31.2 Å². The van der Waals surface area contributed by atoms with Crippen LogP contribution < -0.4 is 10.2 Å². The Morgan fingerprint density at radius 3 is 2.64 bits per heavy atom. The minimum Gasteiger partial charge on any atom is -0.503 e. The molecule has 0 saturated carbocycles. The van der Waals surface area contributed by atoms with Crippen molar-refractivity contribution in [2.45, 2.75) is 6.92 Å². The summed E-state index contributed by atoms with van der Waals surface area (Å²) in [5, 5.41) is 15.2. The molecule has 2 N–H and O–H groups in total. The number of rotatable bonds is 5. The molecule has 1 heterocycles. The lowest BCUT2D eigenvalue weighted by molar-refractivity contribution is 0.0958. The van der Waals surface area contributed by atoms with Gasteiger partial charge in [0.1, 0.15) is 9.88 Å². The van der Waals surface area contributed by atoms with Crippen LogP contribution >= 0.6 is 34.5 Å². The van der Waals surface area contributed by atoms with Gasteiger partial charge in [0.2, 0.25) is 0 Å². The monoisotopic (exact) mass is 435 g/mol. The minimum atomic E-state index is -0.389. The van der Waals surface area contributed by atoms with Crippen LogP contribution in [0.15, 0.2) is 41.5 Å². The molecule has 0 aliphatic rings.